The minimum atomic E-state index is -3.34. The van der Waals surface area contributed by atoms with Crippen LogP contribution in [0.1, 0.15) is 31.9 Å². The summed E-state index contributed by atoms with van der Waals surface area (Å²) in [5, 5.41) is 3.05. The van der Waals surface area contributed by atoms with Gasteiger partial charge in [-0.2, -0.15) is 4.31 Å². The first kappa shape index (κ1) is 14.6. The molecular weight excluding hydrogens is 262 g/mol. The lowest BCUT2D eigenvalue weighted by atomic mass is 10.4. The zero-order valence-corrected chi connectivity index (χ0v) is 12.7. The average Bonchev–Trinajstić information content (AvgIpc) is 3.12. The number of nitrogens with one attached hydrogen (secondary N) is 1. The van der Waals surface area contributed by atoms with Crippen LogP contribution in [0.3, 0.4) is 0 Å². The summed E-state index contributed by atoms with van der Waals surface area (Å²) in [4.78, 5) is 0.417. The van der Waals surface area contributed by atoms with Crippen molar-refractivity contribution in [2.45, 2.75) is 43.7 Å². The first-order valence-electron chi connectivity index (χ1n) is 6.82. The normalized spacial score (nSPS) is 16.2. The molecule has 1 saturated carbocycles. The molecule has 0 saturated heterocycles. The summed E-state index contributed by atoms with van der Waals surface area (Å²) in [6.45, 7) is 3.30. The van der Waals surface area contributed by atoms with Crippen molar-refractivity contribution in [1.29, 1.82) is 0 Å². The molecule has 0 aromatic carbocycles. The van der Waals surface area contributed by atoms with Crippen LogP contribution in [-0.4, -0.2) is 36.9 Å². The molecule has 6 heteroatoms. The second-order valence-electron chi connectivity index (χ2n) is 5.16. The van der Waals surface area contributed by atoms with E-state index < -0.39 is 10.0 Å². The maximum absolute atomic E-state index is 12.7. The minimum Gasteiger partial charge on any atom is -0.352 e. The lowest BCUT2D eigenvalue weighted by Gasteiger charge is -2.20. The molecule has 1 aliphatic rings. The maximum Gasteiger partial charge on any atom is 0.244 e. The van der Waals surface area contributed by atoms with Crippen LogP contribution in [-0.2, 0) is 23.6 Å². The molecule has 0 amide bonds. The molecule has 1 N–H and O–H groups in total. The van der Waals surface area contributed by atoms with Crippen LogP contribution in [0.2, 0.25) is 0 Å². The molecule has 2 rings (SSSR count). The Hall–Kier alpha value is -0.850. The smallest absolute Gasteiger partial charge is 0.244 e. The van der Waals surface area contributed by atoms with E-state index in [1.54, 1.807) is 16.6 Å². The minimum absolute atomic E-state index is 0.220. The van der Waals surface area contributed by atoms with Crippen LogP contribution in [0.25, 0.3) is 0 Å². The van der Waals surface area contributed by atoms with Crippen molar-refractivity contribution in [3.05, 3.63) is 18.0 Å². The SMILES string of the molecule is CCCN(C1CC1)S(=O)(=O)c1cc(CNC)n(C)c1. The van der Waals surface area contributed by atoms with Gasteiger partial charge < -0.3 is 9.88 Å². The Balaban J connectivity index is 2.29. The lowest BCUT2D eigenvalue weighted by Crippen LogP contribution is -2.33. The first-order chi connectivity index (χ1) is 9.00. The lowest BCUT2D eigenvalue weighted by molar-refractivity contribution is 0.403. The van der Waals surface area contributed by atoms with Crippen LogP contribution in [0, 0.1) is 0 Å². The highest BCUT2D eigenvalue weighted by atomic mass is 32.2. The van der Waals surface area contributed by atoms with Gasteiger partial charge in [-0.3, -0.25) is 0 Å². The molecule has 0 bridgehead atoms. The Morgan fingerprint density at radius 2 is 2.16 bits per heavy atom. The molecule has 1 aliphatic carbocycles. The number of hydrogen-bond donors (Lipinski definition) is 1. The predicted molar refractivity (Wildman–Crippen MR) is 75.4 cm³/mol. The van der Waals surface area contributed by atoms with E-state index in [-0.39, 0.29) is 6.04 Å². The van der Waals surface area contributed by atoms with Gasteiger partial charge in [0.2, 0.25) is 10.0 Å². The van der Waals surface area contributed by atoms with Gasteiger partial charge in [-0.25, -0.2) is 8.42 Å². The van der Waals surface area contributed by atoms with Gasteiger partial charge in [0.25, 0.3) is 0 Å². The molecular formula is C13H23N3O2S. The molecule has 0 atom stereocenters. The Bertz CT molecular complexity index is 532. The second kappa shape index (κ2) is 5.64. The van der Waals surface area contributed by atoms with E-state index in [4.69, 9.17) is 0 Å². The predicted octanol–water partition coefficient (Wildman–Crippen LogP) is 1.31. The highest BCUT2D eigenvalue weighted by Gasteiger charge is 2.37. The van der Waals surface area contributed by atoms with Gasteiger partial charge in [0.05, 0.1) is 0 Å². The molecule has 0 unspecified atom stereocenters. The fourth-order valence-electron chi connectivity index (χ4n) is 2.29. The summed E-state index contributed by atoms with van der Waals surface area (Å²) >= 11 is 0. The fourth-order valence-corrected chi connectivity index (χ4v) is 4.17. The molecule has 108 valence electrons. The first-order valence-corrected chi connectivity index (χ1v) is 8.26. The summed E-state index contributed by atoms with van der Waals surface area (Å²) in [6.07, 6.45) is 4.56. The van der Waals surface area contributed by atoms with Crippen molar-refractivity contribution < 1.29 is 8.42 Å². The van der Waals surface area contributed by atoms with Crippen LogP contribution < -0.4 is 5.32 Å². The Morgan fingerprint density at radius 3 is 2.68 bits per heavy atom. The maximum atomic E-state index is 12.7. The number of aromatic nitrogens is 1. The number of sulfonamides is 1. The van der Waals surface area contributed by atoms with E-state index in [1.807, 2.05) is 25.6 Å². The van der Waals surface area contributed by atoms with E-state index in [2.05, 4.69) is 5.32 Å². The molecule has 0 spiro atoms. The molecule has 19 heavy (non-hydrogen) atoms. The summed E-state index contributed by atoms with van der Waals surface area (Å²) in [6, 6.07) is 1.99. The molecule has 0 radical (unpaired) electrons. The molecule has 0 aliphatic heterocycles. The van der Waals surface area contributed by atoms with Gasteiger partial charge in [0, 0.05) is 38.1 Å². The average molecular weight is 285 g/mol. The summed E-state index contributed by atoms with van der Waals surface area (Å²) < 4.78 is 28.9. The van der Waals surface area contributed by atoms with E-state index in [0.717, 1.165) is 25.0 Å². The molecule has 1 aromatic heterocycles. The molecule has 1 heterocycles. The highest BCUT2D eigenvalue weighted by Crippen LogP contribution is 2.32. The standard InChI is InChI=1S/C13H23N3O2S/c1-4-7-16(11-5-6-11)19(17,18)13-8-12(9-14-2)15(3)10-13/h8,10-11,14H,4-7,9H2,1-3H3. The van der Waals surface area contributed by atoms with E-state index in [9.17, 15) is 8.42 Å². The zero-order valence-electron chi connectivity index (χ0n) is 11.9. The van der Waals surface area contributed by atoms with Gasteiger partial charge in [-0.1, -0.05) is 6.92 Å². The summed E-state index contributed by atoms with van der Waals surface area (Å²) in [5.41, 5.74) is 0.980. The van der Waals surface area contributed by atoms with Crippen molar-refractivity contribution in [2.75, 3.05) is 13.6 Å². The third-order valence-corrected chi connectivity index (χ3v) is 5.36. The van der Waals surface area contributed by atoms with Crippen LogP contribution in [0.5, 0.6) is 0 Å². The number of nitrogens with zero attached hydrogens (tertiary/aromatic N) is 2. The fraction of sp³-hybridized carbons (Fsp3) is 0.692. The number of hydrogen-bond acceptors (Lipinski definition) is 3. The van der Waals surface area contributed by atoms with Crippen molar-refractivity contribution in [3.63, 3.8) is 0 Å². The Labute approximate surface area is 115 Å². The molecule has 1 aromatic rings. The highest BCUT2D eigenvalue weighted by molar-refractivity contribution is 7.89. The summed E-state index contributed by atoms with van der Waals surface area (Å²) in [5.74, 6) is 0. The van der Waals surface area contributed by atoms with E-state index >= 15 is 0 Å². The van der Waals surface area contributed by atoms with Crippen LogP contribution >= 0.6 is 0 Å². The van der Waals surface area contributed by atoms with Crippen LogP contribution in [0.4, 0.5) is 0 Å². The Morgan fingerprint density at radius 1 is 1.47 bits per heavy atom. The van der Waals surface area contributed by atoms with Crippen molar-refractivity contribution in [2.24, 2.45) is 7.05 Å². The van der Waals surface area contributed by atoms with Gasteiger partial charge in [0.1, 0.15) is 4.90 Å². The van der Waals surface area contributed by atoms with E-state index in [1.165, 1.54) is 0 Å². The van der Waals surface area contributed by atoms with Crippen molar-refractivity contribution in [3.8, 4) is 0 Å². The molecule has 1 fully saturated rings. The second-order valence-corrected chi connectivity index (χ2v) is 7.05. The zero-order chi connectivity index (χ0) is 14.0. The van der Waals surface area contributed by atoms with Gasteiger partial charge in [-0.05, 0) is 32.4 Å². The van der Waals surface area contributed by atoms with Crippen molar-refractivity contribution >= 4 is 10.0 Å². The third-order valence-electron chi connectivity index (χ3n) is 3.45. The monoisotopic (exact) mass is 285 g/mol. The van der Waals surface area contributed by atoms with Gasteiger partial charge in [-0.15, -0.1) is 0 Å². The number of rotatable bonds is 7. The Kier molecular flexibility index (Phi) is 4.32. The molecule has 5 nitrogen and oxygen atoms in total. The summed E-state index contributed by atoms with van der Waals surface area (Å²) in [7, 11) is 0.403. The quantitative estimate of drug-likeness (QED) is 0.822. The van der Waals surface area contributed by atoms with E-state index in [0.29, 0.717) is 18.0 Å². The topological polar surface area (TPSA) is 54.3 Å². The largest absolute Gasteiger partial charge is 0.352 e. The van der Waals surface area contributed by atoms with Crippen molar-refractivity contribution in [1.82, 2.24) is 14.2 Å². The van der Waals surface area contributed by atoms with Crippen LogP contribution in [0.15, 0.2) is 17.2 Å². The third kappa shape index (κ3) is 3.01. The van der Waals surface area contributed by atoms with Gasteiger partial charge in [0.15, 0.2) is 0 Å². The number of aryl methyl sites for hydroxylation is 1. The van der Waals surface area contributed by atoms with Gasteiger partial charge >= 0.3 is 0 Å².